The molecular weight excluding hydrogens is 430 g/mol. The van der Waals surface area contributed by atoms with E-state index >= 15 is 0 Å². The van der Waals surface area contributed by atoms with Crippen LogP contribution in [0.2, 0.25) is 0 Å². The van der Waals surface area contributed by atoms with Crippen molar-refractivity contribution in [2.24, 2.45) is 11.7 Å². The first-order valence-corrected chi connectivity index (χ1v) is 12.6. The minimum absolute atomic E-state index is 0.0377. The molecule has 1 aliphatic carbocycles. The minimum atomic E-state index is -0.609. The lowest BCUT2D eigenvalue weighted by molar-refractivity contribution is -0.145. The van der Waals surface area contributed by atoms with Gasteiger partial charge in [-0.3, -0.25) is 9.59 Å². The van der Waals surface area contributed by atoms with Gasteiger partial charge < -0.3 is 25.8 Å². The zero-order chi connectivity index (χ0) is 24.8. The summed E-state index contributed by atoms with van der Waals surface area (Å²) < 4.78 is 0. The first kappa shape index (κ1) is 25.8. The normalized spacial score (nSPS) is 21.6. The summed E-state index contributed by atoms with van der Waals surface area (Å²) in [5, 5.41) is 3.16. The quantitative estimate of drug-likeness (QED) is 0.609. The Kier molecular flexibility index (Phi) is 8.80. The Labute approximate surface area is 203 Å². The molecule has 1 saturated heterocycles. The van der Waals surface area contributed by atoms with Gasteiger partial charge >= 0.3 is 6.03 Å². The predicted molar refractivity (Wildman–Crippen MR) is 134 cm³/mol. The summed E-state index contributed by atoms with van der Waals surface area (Å²) in [6.45, 7) is 4.83. The van der Waals surface area contributed by atoms with E-state index in [9.17, 15) is 14.4 Å². The zero-order valence-corrected chi connectivity index (χ0v) is 21.1. The molecule has 2 atom stereocenters. The number of nitrogens with zero attached hydrogens (tertiary/aromatic N) is 3. The summed E-state index contributed by atoms with van der Waals surface area (Å²) >= 11 is 0. The largest absolute Gasteiger partial charge is 0.378 e. The van der Waals surface area contributed by atoms with E-state index in [1.165, 1.54) is 6.42 Å². The number of carbonyl (C=O) groups is 3. The van der Waals surface area contributed by atoms with Crippen molar-refractivity contribution in [1.82, 2.24) is 15.1 Å². The van der Waals surface area contributed by atoms with Crippen LogP contribution in [0.4, 0.5) is 10.5 Å². The number of benzene rings is 1. The van der Waals surface area contributed by atoms with Crippen molar-refractivity contribution >= 4 is 23.5 Å². The van der Waals surface area contributed by atoms with Gasteiger partial charge in [-0.05, 0) is 42.9 Å². The molecule has 1 aromatic carbocycles. The highest BCUT2D eigenvalue weighted by Gasteiger charge is 2.44. The number of rotatable bonds is 8. The Balaban J connectivity index is 1.84. The molecule has 0 spiro atoms. The zero-order valence-electron chi connectivity index (χ0n) is 21.1. The number of urea groups is 1. The topological polar surface area (TPSA) is 99.0 Å². The molecule has 0 unspecified atom stereocenters. The summed E-state index contributed by atoms with van der Waals surface area (Å²) in [5.74, 6) is -0.314. The molecule has 1 aliphatic heterocycles. The summed E-state index contributed by atoms with van der Waals surface area (Å²) in [7, 11) is 3.97. The summed E-state index contributed by atoms with van der Waals surface area (Å²) in [6, 6.07) is 6.92. The molecule has 0 bridgehead atoms. The smallest absolute Gasteiger partial charge is 0.318 e. The Morgan fingerprint density at radius 2 is 1.76 bits per heavy atom. The van der Waals surface area contributed by atoms with Gasteiger partial charge in [0.1, 0.15) is 6.04 Å². The number of hydrogen-bond acceptors (Lipinski definition) is 4. The number of amides is 4. The second kappa shape index (κ2) is 11.6. The van der Waals surface area contributed by atoms with Crippen LogP contribution in [0.5, 0.6) is 0 Å². The number of carbonyl (C=O) groups excluding carboxylic acids is 3. The molecule has 1 heterocycles. The van der Waals surface area contributed by atoms with Crippen LogP contribution in [0.25, 0.3) is 0 Å². The van der Waals surface area contributed by atoms with E-state index in [1.54, 1.807) is 9.80 Å². The van der Waals surface area contributed by atoms with Crippen LogP contribution in [-0.2, 0) is 16.1 Å². The molecule has 1 saturated carbocycles. The highest BCUT2D eigenvalue weighted by Crippen LogP contribution is 2.27. The van der Waals surface area contributed by atoms with Crippen LogP contribution < -0.4 is 16.0 Å². The third-order valence-corrected chi connectivity index (χ3v) is 6.88. The van der Waals surface area contributed by atoms with E-state index in [2.05, 4.69) is 5.32 Å². The molecule has 0 radical (unpaired) electrons. The second-order valence-corrected chi connectivity index (χ2v) is 10.4. The summed E-state index contributed by atoms with van der Waals surface area (Å²) in [6.07, 6.45) is 5.89. The fraction of sp³-hybridized carbons (Fsp3) is 0.654. The lowest BCUT2D eigenvalue weighted by Gasteiger charge is -2.46. The number of nitrogens with two attached hydrogens (primary N) is 1. The Morgan fingerprint density at radius 1 is 1.12 bits per heavy atom. The van der Waals surface area contributed by atoms with Crippen molar-refractivity contribution < 1.29 is 14.4 Å². The molecule has 2 aliphatic rings. The molecule has 34 heavy (non-hydrogen) atoms. The number of primary amides is 1. The molecule has 188 valence electrons. The van der Waals surface area contributed by atoms with Crippen molar-refractivity contribution in [2.75, 3.05) is 25.5 Å². The second-order valence-electron chi connectivity index (χ2n) is 10.4. The van der Waals surface area contributed by atoms with E-state index in [0.717, 1.165) is 36.9 Å². The van der Waals surface area contributed by atoms with Gasteiger partial charge in [-0.25, -0.2) is 4.79 Å². The molecular formula is C26H41N5O3. The third kappa shape index (κ3) is 6.64. The maximum absolute atomic E-state index is 13.7. The highest BCUT2D eigenvalue weighted by atomic mass is 16.2. The molecule has 0 aromatic heterocycles. The monoisotopic (exact) mass is 471 g/mol. The SMILES string of the molecule is CC(C)C[C@@H]1C(=O)N(Cc2ccc(N(C)C)cc2)C[C@@H](CC(N)=O)N1C(=O)NC1CCCCC1. The number of anilines is 1. The van der Waals surface area contributed by atoms with Gasteiger partial charge in [0.05, 0.1) is 6.04 Å². The van der Waals surface area contributed by atoms with Crippen molar-refractivity contribution in [3.05, 3.63) is 29.8 Å². The number of piperazine rings is 1. The van der Waals surface area contributed by atoms with Crippen molar-refractivity contribution in [1.29, 1.82) is 0 Å². The standard InChI is InChI=1S/C26H41N5O3/c1-18(2)14-23-25(33)30(16-19-10-12-21(13-11-19)29(3)4)17-22(15-24(27)32)31(23)26(34)28-20-8-6-5-7-9-20/h10-13,18,20,22-23H,5-9,14-17H2,1-4H3,(H2,27,32)(H,28,34)/t22-,23-/m1/s1. The van der Waals surface area contributed by atoms with E-state index in [-0.39, 0.29) is 30.3 Å². The van der Waals surface area contributed by atoms with Crippen molar-refractivity contribution in [3.8, 4) is 0 Å². The van der Waals surface area contributed by atoms with Crippen LogP contribution in [0, 0.1) is 5.92 Å². The van der Waals surface area contributed by atoms with E-state index < -0.39 is 18.0 Å². The number of hydrogen-bond donors (Lipinski definition) is 2. The first-order valence-electron chi connectivity index (χ1n) is 12.6. The molecule has 1 aromatic rings. The molecule has 8 heteroatoms. The van der Waals surface area contributed by atoms with Gasteiger partial charge in [0.25, 0.3) is 0 Å². The van der Waals surface area contributed by atoms with Crippen LogP contribution in [0.3, 0.4) is 0 Å². The van der Waals surface area contributed by atoms with Crippen molar-refractivity contribution in [3.63, 3.8) is 0 Å². The highest BCUT2D eigenvalue weighted by molar-refractivity contribution is 5.89. The third-order valence-electron chi connectivity index (χ3n) is 6.88. The van der Waals surface area contributed by atoms with E-state index in [4.69, 9.17) is 5.73 Å². The first-order chi connectivity index (χ1) is 16.2. The van der Waals surface area contributed by atoms with E-state index in [0.29, 0.717) is 19.5 Å². The molecule has 8 nitrogen and oxygen atoms in total. The van der Waals surface area contributed by atoms with Crippen LogP contribution in [-0.4, -0.2) is 66.4 Å². The summed E-state index contributed by atoms with van der Waals surface area (Å²) in [4.78, 5) is 44.5. The lowest BCUT2D eigenvalue weighted by atomic mass is 9.94. The van der Waals surface area contributed by atoms with Gasteiger partial charge in [-0.2, -0.15) is 0 Å². The number of nitrogens with one attached hydrogen (secondary N) is 1. The Hall–Kier alpha value is -2.77. The Bertz CT molecular complexity index is 848. The molecule has 2 fully saturated rings. The fourth-order valence-corrected chi connectivity index (χ4v) is 5.14. The molecule has 4 amide bonds. The average molecular weight is 472 g/mol. The average Bonchev–Trinajstić information content (AvgIpc) is 2.77. The van der Waals surface area contributed by atoms with Gasteiger partial charge in [0.15, 0.2) is 0 Å². The van der Waals surface area contributed by atoms with E-state index in [1.807, 2.05) is 57.1 Å². The fourth-order valence-electron chi connectivity index (χ4n) is 5.14. The van der Waals surface area contributed by atoms with Gasteiger partial charge in [0.2, 0.25) is 11.8 Å². The van der Waals surface area contributed by atoms with Crippen LogP contribution in [0.1, 0.15) is 64.4 Å². The molecule has 3 rings (SSSR count). The minimum Gasteiger partial charge on any atom is -0.378 e. The van der Waals surface area contributed by atoms with Crippen LogP contribution in [0.15, 0.2) is 24.3 Å². The summed E-state index contributed by atoms with van der Waals surface area (Å²) in [5.41, 5.74) is 7.69. The lowest BCUT2D eigenvalue weighted by Crippen LogP contribution is -2.66. The predicted octanol–water partition coefficient (Wildman–Crippen LogP) is 3.10. The van der Waals surface area contributed by atoms with Gasteiger partial charge in [-0.15, -0.1) is 0 Å². The van der Waals surface area contributed by atoms with Gasteiger partial charge in [-0.1, -0.05) is 45.2 Å². The maximum atomic E-state index is 13.7. The van der Waals surface area contributed by atoms with Crippen molar-refractivity contribution in [2.45, 2.75) is 83.5 Å². The van der Waals surface area contributed by atoms with Crippen LogP contribution >= 0.6 is 0 Å². The Morgan fingerprint density at radius 3 is 2.32 bits per heavy atom. The van der Waals surface area contributed by atoms with Gasteiger partial charge in [0, 0.05) is 45.3 Å². The molecule has 3 N–H and O–H groups in total. The maximum Gasteiger partial charge on any atom is 0.318 e.